The molecule has 8 heteroatoms. The van der Waals surface area contributed by atoms with Crippen LogP contribution >= 0.6 is 0 Å². The van der Waals surface area contributed by atoms with E-state index in [1.807, 2.05) is 0 Å². The van der Waals surface area contributed by atoms with Gasteiger partial charge < -0.3 is 10.3 Å². The van der Waals surface area contributed by atoms with E-state index in [2.05, 4.69) is 10.1 Å². The Morgan fingerprint density at radius 2 is 1.83 bits per heavy atom. The van der Waals surface area contributed by atoms with Crippen molar-refractivity contribution < 1.29 is 22.1 Å². The number of hydrogen-bond donors (Lipinski definition) is 1. The molecule has 1 aliphatic carbocycles. The molecule has 1 heterocycles. The Labute approximate surface area is 129 Å². The minimum atomic E-state index is -4.79. The zero-order chi connectivity index (χ0) is 16.7. The molecule has 23 heavy (non-hydrogen) atoms. The number of hydrogen-bond acceptors (Lipinski definition) is 4. The molecule has 0 amide bonds. The summed E-state index contributed by atoms with van der Waals surface area (Å²) in [7, 11) is 0. The van der Waals surface area contributed by atoms with Gasteiger partial charge in [0, 0.05) is 5.56 Å². The van der Waals surface area contributed by atoms with Gasteiger partial charge in [-0.05, 0) is 31.0 Å². The number of halogens is 4. The summed E-state index contributed by atoms with van der Waals surface area (Å²) < 4.78 is 56.7. The third-order valence-corrected chi connectivity index (χ3v) is 4.14. The number of nitrogens with zero attached hydrogens (tertiary/aromatic N) is 2. The van der Waals surface area contributed by atoms with Gasteiger partial charge in [0.2, 0.25) is 0 Å². The molecule has 0 unspecified atom stereocenters. The van der Waals surface area contributed by atoms with Gasteiger partial charge in [-0.1, -0.05) is 24.4 Å². The Kier molecular flexibility index (Phi) is 3.87. The van der Waals surface area contributed by atoms with E-state index in [4.69, 9.17) is 10.3 Å². The number of rotatable bonds is 2. The molecule has 1 saturated carbocycles. The maximum Gasteiger partial charge on any atom is 0.419 e. The lowest BCUT2D eigenvalue weighted by Crippen LogP contribution is -2.39. The first kappa shape index (κ1) is 15.9. The molecular formula is C15H15F4N3O. The molecule has 3 rings (SSSR count). The highest BCUT2D eigenvalue weighted by Crippen LogP contribution is 2.36. The van der Waals surface area contributed by atoms with Gasteiger partial charge in [-0.2, -0.15) is 18.2 Å². The summed E-state index contributed by atoms with van der Waals surface area (Å²) in [5.74, 6) is -1.16. The van der Waals surface area contributed by atoms with Crippen LogP contribution in [-0.2, 0) is 11.7 Å². The lowest BCUT2D eigenvalue weighted by molar-refractivity contribution is -0.139. The maximum atomic E-state index is 13.3. The molecule has 2 aromatic rings. The molecule has 2 N–H and O–H groups in total. The van der Waals surface area contributed by atoms with E-state index in [9.17, 15) is 17.6 Å². The second-order valence-electron chi connectivity index (χ2n) is 5.83. The van der Waals surface area contributed by atoms with Gasteiger partial charge in [-0.3, -0.25) is 0 Å². The molecule has 0 aliphatic heterocycles. The zero-order valence-electron chi connectivity index (χ0n) is 12.2. The smallest absolute Gasteiger partial charge is 0.334 e. The van der Waals surface area contributed by atoms with E-state index in [1.165, 1.54) is 6.07 Å². The highest BCUT2D eigenvalue weighted by Gasteiger charge is 2.36. The van der Waals surface area contributed by atoms with Gasteiger partial charge in [0.25, 0.3) is 5.89 Å². The minimum absolute atomic E-state index is 0.0110. The van der Waals surface area contributed by atoms with Crippen LogP contribution in [0.4, 0.5) is 17.6 Å². The summed E-state index contributed by atoms with van der Waals surface area (Å²) in [5.41, 5.74) is 4.20. The van der Waals surface area contributed by atoms with Crippen molar-refractivity contribution in [3.05, 3.63) is 35.4 Å². The lowest BCUT2D eigenvalue weighted by atomic mass is 9.82. The summed E-state index contributed by atoms with van der Waals surface area (Å²) >= 11 is 0. The van der Waals surface area contributed by atoms with E-state index in [-0.39, 0.29) is 17.3 Å². The fourth-order valence-electron chi connectivity index (χ4n) is 2.82. The van der Waals surface area contributed by atoms with E-state index >= 15 is 0 Å². The topological polar surface area (TPSA) is 64.9 Å². The summed E-state index contributed by atoms with van der Waals surface area (Å²) in [5, 5.41) is 3.82. The van der Waals surface area contributed by atoms with Gasteiger partial charge in [0.1, 0.15) is 5.82 Å². The van der Waals surface area contributed by atoms with E-state index in [0.717, 1.165) is 25.3 Å². The second-order valence-corrected chi connectivity index (χ2v) is 5.83. The highest BCUT2D eigenvalue weighted by atomic mass is 19.4. The fourth-order valence-corrected chi connectivity index (χ4v) is 2.82. The molecule has 1 fully saturated rings. The van der Waals surface area contributed by atoms with Crippen LogP contribution in [0.2, 0.25) is 0 Å². The zero-order valence-corrected chi connectivity index (χ0v) is 12.2. The highest BCUT2D eigenvalue weighted by molar-refractivity contribution is 5.55. The average Bonchev–Trinajstić information content (AvgIpc) is 2.98. The van der Waals surface area contributed by atoms with Crippen molar-refractivity contribution in [2.24, 2.45) is 5.73 Å². The van der Waals surface area contributed by atoms with Gasteiger partial charge in [0.05, 0.1) is 11.1 Å². The number of nitrogens with two attached hydrogens (primary N) is 1. The van der Waals surface area contributed by atoms with Crippen molar-refractivity contribution >= 4 is 0 Å². The van der Waals surface area contributed by atoms with Gasteiger partial charge in [-0.25, -0.2) is 4.39 Å². The Balaban J connectivity index is 1.95. The third kappa shape index (κ3) is 3.08. The predicted molar refractivity (Wildman–Crippen MR) is 73.6 cm³/mol. The molecule has 1 aromatic carbocycles. The molecule has 0 saturated heterocycles. The van der Waals surface area contributed by atoms with Crippen LogP contribution in [0.25, 0.3) is 11.5 Å². The molecule has 1 aliphatic rings. The van der Waals surface area contributed by atoms with Crippen molar-refractivity contribution in [1.82, 2.24) is 10.1 Å². The standard InChI is InChI=1S/C15H15F4N3O/c16-11-5-4-9(8-10(11)15(17,18)19)12-21-13(22-23-12)14(20)6-2-1-3-7-14/h4-5,8H,1-3,6-7,20H2. The summed E-state index contributed by atoms with van der Waals surface area (Å²) in [6.45, 7) is 0. The molecule has 4 nitrogen and oxygen atoms in total. The first-order valence-electron chi connectivity index (χ1n) is 7.30. The van der Waals surface area contributed by atoms with Crippen LogP contribution in [-0.4, -0.2) is 10.1 Å². The molecule has 0 spiro atoms. The fraction of sp³-hybridized carbons (Fsp3) is 0.467. The quantitative estimate of drug-likeness (QED) is 0.846. The largest absolute Gasteiger partial charge is 0.419 e. The Morgan fingerprint density at radius 3 is 2.48 bits per heavy atom. The van der Waals surface area contributed by atoms with Crippen LogP contribution in [0.3, 0.4) is 0 Å². The first-order chi connectivity index (χ1) is 10.8. The summed E-state index contributed by atoms with van der Waals surface area (Å²) in [4.78, 5) is 4.14. The molecule has 0 bridgehead atoms. The number of aromatic nitrogens is 2. The van der Waals surface area contributed by atoms with Crippen molar-refractivity contribution in [1.29, 1.82) is 0 Å². The van der Waals surface area contributed by atoms with Crippen LogP contribution < -0.4 is 5.73 Å². The average molecular weight is 329 g/mol. The summed E-state index contributed by atoms with van der Waals surface area (Å²) in [6.07, 6.45) is -0.436. The predicted octanol–water partition coefficient (Wildman–Crippen LogP) is 4.01. The van der Waals surface area contributed by atoms with Crippen molar-refractivity contribution in [2.45, 2.75) is 43.8 Å². The Morgan fingerprint density at radius 1 is 1.13 bits per heavy atom. The van der Waals surface area contributed by atoms with E-state index in [0.29, 0.717) is 18.9 Å². The summed E-state index contributed by atoms with van der Waals surface area (Å²) in [6, 6.07) is 2.57. The monoisotopic (exact) mass is 329 g/mol. The van der Waals surface area contributed by atoms with Gasteiger partial charge >= 0.3 is 6.18 Å². The van der Waals surface area contributed by atoms with Crippen LogP contribution in [0.1, 0.15) is 43.5 Å². The SMILES string of the molecule is NC1(c2noc(-c3ccc(F)c(C(F)(F)F)c3)n2)CCCCC1. The third-order valence-electron chi connectivity index (χ3n) is 4.14. The van der Waals surface area contributed by atoms with Crippen molar-refractivity contribution in [3.63, 3.8) is 0 Å². The Hall–Kier alpha value is -1.96. The van der Waals surface area contributed by atoms with Gasteiger partial charge in [0.15, 0.2) is 5.82 Å². The van der Waals surface area contributed by atoms with Crippen LogP contribution in [0, 0.1) is 5.82 Å². The molecule has 0 radical (unpaired) electrons. The lowest BCUT2D eigenvalue weighted by Gasteiger charge is -2.29. The van der Waals surface area contributed by atoms with E-state index in [1.54, 1.807) is 0 Å². The van der Waals surface area contributed by atoms with Gasteiger partial charge in [-0.15, -0.1) is 0 Å². The Bertz CT molecular complexity index is 705. The van der Waals surface area contributed by atoms with Crippen LogP contribution in [0.15, 0.2) is 22.7 Å². The molecular weight excluding hydrogens is 314 g/mol. The number of benzene rings is 1. The van der Waals surface area contributed by atoms with Crippen molar-refractivity contribution in [2.75, 3.05) is 0 Å². The van der Waals surface area contributed by atoms with Crippen molar-refractivity contribution in [3.8, 4) is 11.5 Å². The first-order valence-corrected chi connectivity index (χ1v) is 7.30. The van der Waals surface area contributed by atoms with E-state index < -0.39 is 23.1 Å². The van der Waals surface area contributed by atoms with Crippen LogP contribution in [0.5, 0.6) is 0 Å². The maximum absolute atomic E-state index is 13.3. The molecule has 0 atom stereocenters. The molecule has 1 aromatic heterocycles. The second kappa shape index (κ2) is 5.59. The normalized spacial score (nSPS) is 18.1. The number of alkyl halides is 3. The molecule has 124 valence electrons. The minimum Gasteiger partial charge on any atom is -0.334 e.